The molecule has 182 valence electrons. The Balaban J connectivity index is 1.65. The van der Waals surface area contributed by atoms with E-state index in [1.54, 1.807) is 12.1 Å². The first-order valence-corrected chi connectivity index (χ1v) is 11.1. The summed E-state index contributed by atoms with van der Waals surface area (Å²) < 4.78 is 65.3. The van der Waals surface area contributed by atoms with Crippen LogP contribution in [0.5, 0.6) is 17.2 Å². The number of esters is 1. The van der Waals surface area contributed by atoms with Crippen molar-refractivity contribution in [3.05, 3.63) is 48.1 Å². The second-order valence-corrected chi connectivity index (χ2v) is 8.84. The molecule has 0 aliphatic rings. The lowest BCUT2D eigenvalue weighted by molar-refractivity contribution is -0.145. The van der Waals surface area contributed by atoms with Crippen molar-refractivity contribution in [2.24, 2.45) is 0 Å². The second-order valence-electron chi connectivity index (χ2n) is 6.79. The number of carbonyl (C=O) groups is 1. The lowest BCUT2D eigenvalue weighted by Gasteiger charge is -2.16. The van der Waals surface area contributed by atoms with E-state index in [4.69, 9.17) is 23.4 Å². The van der Waals surface area contributed by atoms with Gasteiger partial charge >= 0.3 is 5.97 Å². The van der Waals surface area contributed by atoms with Gasteiger partial charge in [0.1, 0.15) is 12.4 Å². The lowest BCUT2D eigenvalue weighted by Crippen LogP contribution is -2.33. The molecule has 0 N–H and O–H groups in total. The van der Waals surface area contributed by atoms with E-state index in [1.165, 1.54) is 28.4 Å². The zero-order chi connectivity index (χ0) is 24.9. The van der Waals surface area contributed by atoms with Crippen LogP contribution in [0, 0.1) is 5.82 Å². The smallest absolute Gasteiger partial charge is 0.321 e. The fourth-order valence-electron chi connectivity index (χ4n) is 2.87. The van der Waals surface area contributed by atoms with Crippen LogP contribution in [0.1, 0.15) is 5.89 Å². The summed E-state index contributed by atoms with van der Waals surface area (Å²) in [6.45, 7) is -0.950. The third-order valence-corrected chi connectivity index (χ3v) is 6.43. The van der Waals surface area contributed by atoms with Crippen molar-refractivity contribution >= 4 is 16.0 Å². The highest BCUT2D eigenvalue weighted by molar-refractivity contribution is 7.89. The molecule has 34 heavy (non-hydrogen) atoms. The highest BCUT2D eigenvalue weighted by Gasteiger charge is 2.24. The van der Waals surface area contributed by atoms with Gasteiger partial charge in [-0.15, -0.1) is 10.2 Å². The Bertz CT molecular complexity index is 1240. The molecule has 0 spiro atoms. The molecule has 0 saturated carbocycles. The minimum atomic E-state index is -4.00. The van der Waals surface area contributed by atoms with E-state index in [-0.39, 0.29) is 23.3 Å². The largest absolute Gasteiger partial charge is 0.493 e. The summed E-state index contributed by atoms with van der Waals surface area (Å²) >= 11 is 0. The molecule has 1 heterocycles. The molecule has 1 aromatic heterocycles. The van der Waals surface area contributed by atoms with Crippen LogP contribution in [0.3, 0.4) is 0 Å². The average molecular weight is 495 g/mol. The summed E-state index contributed by atoms with van der Waals surface area (Å²) in [5.74, 6) is -0.168. The molecule has 3 aromatic rings. The van der Waals surface area contributed by atoms with Gasteiger partial charge in [0.2, 0.25) is 21.7 Å². The Morgan fingerprint density at radius 3 is 2.21 bits per heavy atom. The molecular formula is C21H22FN3O8S. The highest BCUT2D eigenvalue weighted by atomic mass is 32.2. The molecule has 13 heteroatoms. The molecule has 0 atom stereocenters. The number of hydrogen-bond acceptors (Lipinski definition) is 10. The van der Waals surface area contributed by atoms with Gasteiger partial charge < -0.3 is 23.4 Å². The molecule has 0 aliphatic heterocycles. The van der Waals surface area contributed by atoms with Crippen molar-refractivity contribution in [1.82, 2.24) is 14.5 Å². The van der Waals surface area contributed by atoms with Crippen molar-refractivity contribution in [2.45, 2.75) is 11.5 Å². The number of hydrogen-bond donors (Lipinski definition) is 0. The summed E-state index contributed by atoms with van der Waals surface area (Å²) in [6, 6.07) is 7.46. The normalized spacial score (nSPS) is 11.4. The standard InChI is InChI=1S/C21H22FN3O8S/c1-25(34(27,28)15-7-5-14(22)6-8-15)11-19(26)32-12-18-23-24-21(33-18)13-9-16(29-2)20(31-4)17(10-13)30-3/h5-10H,11-12H2,1-4H3. The second kappa shape index (κ2) is 10.5. The fourth-order valence-corrected chi connectivity index (χ4v) is 3.99. The van der Waals surface area contributed by atoms with Gasteiger partial charge in [-0.1, -0.05) is 0 Å². The summed E-state index contributed by atoms with van der Waals surface area (Å²) in [5.41, 5.74) is 0.477. The number of benzene rings is 2. The van der Waals surface area contributed by atoms with E-state index >= 15 is 0 Å². The SMILES string of the molecule is COc1cc(-c2nnc(COC(=O)CN(C)S(=O)(=O)c3ccc(F)cc3)o2)cc(OC)c1OC. The Morgan fingerprint density at radius 1 is 1.03 bits per heavy atom. The number of nitrogens with zero attached hydrogens (tertiary/aromatic N) is 3. The lowest BCUT2D eigenvalue weighted by atomic mass is 10.2. The first kappa shape index (κ1) is 24.9. The number of aromatic nitrogens is 2. The number of carbonyl (C=O) groups excluding carboxylic acids is 1. The van der Waals surface area contributed by atoms with Crippen LogP contribution in [0.4, 0.5) is 4.39 Å². The van der Waals surface area contributed by atoms with Gasteiger partial charge in [0.15, 0.2) is 18.1 Å². The molecule has 0 amide bonds. The van der Waals surface area contributed by atoms with Crippen molar-refractivity contribution in [3.8, 4) is 28.7 Å². The number of methoxy groups -OCH3 is 3. The van der Waals surface area contributed by atoms with E-state index in [0.717, 1.165) is 28.6 Å². The van der Waals surface area contributed by atoms with E-state index in [9.17, 15) is 17.6 Å². The van der Waals surface area contributed by atoms with Gasteiger partial charge in [0.25, 0.3) is 5.89 Å². The third kappa shape index (κ3) is 5.43. The molecule has 2 aromatic carbocycles. The van der Waals surface area contributed by atoms with Crippen LogP contribution in [-0.2, 0) is 26.2 Å². The van der Waals surface area contributed by atoms with Crippen molar-refractivity contribution in [2.75, 3.05) is 34.9 Å². The molecule has 3 rings (SSSR count). The van der Waals surface area contributed by atoms with E-state index < -0.39 is 28.4 Å². The van der Waals surface area contributed by atoms with Crippen LogP contribution >= 0.6 is 0 Å². The zero-order valence-electron chi connectivity index (χ0n) is 18.8. The molecule has 0 fully saturated rings. The minimum absolute atomic E-state index is 0.0128. The van der Waals surface area contributed by atoms with Gasteiger partial charge in [-0.05, 0) is 36.4 Å². The van der Waals surface area contributed by atoms with Gasteiger partial charge in [0, 0.05) is 12.6 Å². The summed E-state index contributed by atoms with van der Waals surface area (Å²) in [4.78, 5) is 12.0. The van der Waals surface area contributed by atoms with Crippen molar-refractivity contribution in [1.29, 1.82) is 0 Å². The maximum absolute atomic E-state index is 13.0. The predicted octanol–water partition coefficient (Wildman–Crippen LogP) is 2.27. The fraction of sp³-hybridized carbons (Fsp3) is 0.286. The van der Waals surface area contributed by atoms with Crippen LogP contribution in [0.15, 0.2) is 45.7 Å². The Morgan fingerprint density at radius 2 is 1.65 bits per heavy atom. The van der Waals surface area contributed by atoms with Gasteiger partial charge in [-0.3, -0.25) is 4.79 Å². The third-order valence-electron chi connectivity index (χ3n) is 4.61. The minimum Gasteiger partial charge on any atom is -0.493 e. The molecule has 0 saturated heterocycles. The van der Waals surface area contributed by atoms with Crippen LogP contribution in [0.2, 0.25) is 0 Å². The highest BCUT2D eigenvalue weighted by Crippen LogP contribution is 2.40. The molecule has 0 aliphatic carbocycles. The number of likely N-dealkylation sites (N-methyl/N-ethyl adjacent to an activating group) is 1. The Kier molecular flexibility index (Phi) is 7.68. The summed E-state index contributed by atoms with van der Waals surface area (Å²) in [6.07, 6.45) is 0. The molecular weight excluding hydrogens is 473 g/mol. The van der Waals surface area contributed by atoms with Crippen molar-refractivity contribution in [3.63, 3.8) is 0 Å². The van der Waals surface area contributed by atoms with Gasteiger partial charge in [0.05, 0.1) is 26.2 Å². The average Bonchev–Trinajstić information content (AvgIpc) is 3.31. The quantitative estimate of drug-likeness (QED) is 0.386. The van der Waals surface area contributed by atoms with E-state index in [0.29, 0.717) is 22.8 Å². The number of ether oxygens (including phenoxy) is 4. The number of sulfonamides is 1. The van der Waals surface area contributed by atoms with E-state index in [2.05, 4.69) is 10.2 Å². The first-order valence-electron chi connectivity index (χ1n) is 9.70. The maximum Gasteiger partial charge on any atom is 0.321 e. The topological polar surface area (TPSA) is 130 Å². The van der Waals surface area contributed by atoms with Crippen LogP contribution in [0.25, 0.3) is 11.5 Å². The predicted molar refractivity (Wildman–Crippen MR) is 115 cm³/mol. The number of halogens is 1. The zero-order valence-corrected chi connectivity index (χ0v) is 19.6. The summed E-state index contributed by atoms with van der Waals surface area (Å²) in [7, 11) is 1.60. The monoisotopic (exact) mass is 495 g/mol. The molecule has 0 bridgehead atoms. The van der Waals surface area contributed by atoms with Gasteiger partial charge in [-0.25, -0.2) is 12.8 Å². The summed E-state index contributed by atoms with van der Waals surface area (Å²) in [5, 5.41) is 7.75. The molecule has 0 unspecified atom stereocenters. The molecule has 11 nitrogen and oxygen atoms in total. The van der Waals surface area contributed by atoms with Gasteiger partial charge in [-0.2, -0.15) is 4.31 Å². The first-order chi connectivity index (χ1) is 16.2. The van der Waals surface area contributed by atoms with E-state index in [1.807, 2.05) is 0 Å². The molecule has 0 radical (unpaired) electrons. The van der Waals surface area contributed by atoms with Crippen LogP contribution in [-0.4, -0.2) is 63.8 Å². The van der Waals surface area contributed by atoms with Crippen LogP contribution < -0.4 is 14.2 Å². The number of rotatable bonds is 10. The maximum atomic E-state index is 13.0. The Labute approximate surface area is 195 Å². The Hall–Kier alpha value is -3.71. The van der Waals surface area contributed by atoms with Crippen molar-refractivity contribution < 1.29 is 41.0 Å².